The summed E-state index contributed by atoms with van der Waals surface area (Å²) in [6.45, 7) is 7.94. The van der Waals surface area contributed by atoms with Crippen LogP contribution in [0.2, 0.25) is 0 Å². The van der Waals surface area contributed by atoms with Crippen LogP contribution in [0, 0.1) is 5.82 Å². The van der Waals surface area contributed by atoms with Gasteiger partial charge < -0.3 is 15.1 Å². The molecule has 1 aromatic rings. The summed E-state index contributed by atoms with van der Waals surface area (Å²) in [6, 6.07) is 6.79. The lowest BCUT2D eigenvalue weighted by Crippen LogP contribution is -2.49. The highest BCUT2D eigenvalue weighted by atomic mass is 127. The quantitative estimate of drug-likeness (QED) is 0.730. The second-order valence-corrected chi connectivity index (χ2v) is 5.86. The van der Waals surface area contributed by atoms with Gasteiger partial charge in [-0.15, -0.1) is 24.0 Å². The molecule has 0 aliphatic carbocycles. The Labute approximate surface area is 154 Å². The third-order valence-electron chi connectivity index (χ3n) is 4.33. The van der Waals surface area contributed by atoms with E-state index < -0.39 is 0 Å². The van der Waals surface area contributed by atoms with E-state index in [4.69, 9.17) is 0 Å². The van der Waals surface area contributed by atoms with Gasteiger partial charge >= 0.3 is 0 Å². The van der Waals surface area contributed by atoms with E-state index in [1.54, 1.807) is 0 Å². The maximum atomic E-state index is 13.0. The van der Waals surface area contributed by atoms with Crippen LogP contribution < -0.4 is 10.2 Å². The number of halogens is 2. The van der Waals surface area contributed by atoms with Gasteiger partial charge in [-0.2, -0.15) is 0 Å². The van der Waals surface area contributed by atoms with Crippen LogP contribution in [0.25, 0.3) is 0 Å². The maximum absolute atomic E-state index is 13.0. The average Bonchev–Trinajstić information content (AvgIpc) is 2.94. The predicted molar refractivity (Wildman–Crippen MR) is 103 cm³/mol. The van der Waals surface area contributed by atoms with Gasteiger partial charge in [0, 0.05) is 58.5 Å². The molecular formula is C16H25FIN5. The Morgan fingerprint density at radius 3 is 2.39 bits per heavy atom. The molecule has 3 rings (SSSR count). The molecule has 5 nitrogen and oxygen atoms in total. The fourth-order valence-corrected chi connectivity index (χ4v) is 2.93. The van der Waals surface area contributed by atoms with Gasteiger partial charge in [0.1, 0.15) is 5.82 Å². The van der Waals surface area contributed by atoms with Crippen molar-refractivity contribution >= 4 is 35.6 Å². The molecule has 0 spiro atoms. The lowest BCUT2D eigenvalue weighted by Gasteiger charge is -2.36. The minimum atomic E-state index is -0.173. The van der Waals surface area contributed by atoms with E-state index >= 15 is 0 Å². The summed E-state index contributed by atoms with van der Waals surface area (Å²) in [5.74, 6) is 0.846. The van der Waals surface area contributed by atoms with Crippen molar-refractivity contribution in [2.24, 2.45) is 4.99 Å². The molecule has 0 radical (unpaired) electrons. The zero-order chi connectivity index (χ0) is 15.4. The van der Waals surface area contributed by atoms with Gasteiger partial charge in [-0.1, -0.05) is 0 Å². The Kier molecular flexibility index (Phi) is 6.88. The van der Waals surface area contributed by atoms with Crippen LogP contribution in [0.5, 0.6) is 0 Å². The fourth-order valence-electron chi connectivity index (χ4n) is 2.93. The maximum Gasteiger partial charge on any atom is 0.193 e. The third-order valence-corrected chi connectivity index (χ3v) is 4.33. The Morgan fingerprint density at radius 2 is 1.78 bits per heavy atom. The van der Waals surface area contributed by atoms with E-state index in [0.717, 1.165) is 64.0 Å². The highest BCUT2D eigenvalue weighted by Crippen LogP contribution is 2.16. The molecule has 7 heteroatoms. The SMILES string of the molecule is CN1CCN=C1NCCN1CCN(c2ccc(F)cc2)CC1.I. The number of hydrogen-bond donors (Lipinski definition) is 1. The number of rotatable bonds is 4. The van der Waals surface area contributed by atoms with Gasteiger partial charge in [0.05, 0.1) is 6.54 Å². The molecule has 0 saturated carbocycles. The van der Waals surface area contributed by atoms with Gasteiger partial charge in [-0.05, 0) is 24.3 Å². The largest absolute Gasteiger partial charge is 0.369 e. The molecule has 2 heterocycles. The molecule has 2 aliphatic rings. The molecule has 0 unspecified atom stereocenters. The van der Waals surface area contributed by atoms with Crippen LogP contribution in [0.4, 0.5) is 10.1 Å². The first-order chi connectivity index (χ1) is 10.7. The van der Waals surface area contributed by atoms with Gasteiger partial charge in [-0.25, -0.2) is 4.39 Å². The Morgan fingerprint density at radius 1 is 1.09 bits per heavy atom. The summed E-state index contributed by atoms with van der Waals surface area (Å²) in [5, 5.41) is 3.41. The van der Waals surface area contributed by atoms with E-state index in [-0.39, 0.29) is 29.8 Å². The van der Waals surface area contributed by atoms with Gasteiger partial charge in [0.15, 0.2) is 5.96 Å². The van der Waals surface area contributed by atoms with Gasteiger partial charge in [0.2, 0.25) is 0 Å². The van der Waals surface area contributed by atoms with Crippen molar-refractivity contribution in [2.45, 2.75) is 0 Å². The summed E-state index contributed by atoms with van der Waals surface area (Å²) < 4.78 is 13.0. The van der Waals surface area contributed by atoms with Crippen LogP contribution >= 0.6 is 24.0 Å². The van der Waals surface area contributed by atoms with E-state index in [1.165, 1.54) is 12.1 Å². The van der Waals surface area contributed by atoms with Crippen molar-refractivity contribution in [3.05, 3.63) is 30.1 Å². The molecule has 128 valence electrons. The van der Waals surface area contributed by atoms with Crippen LogP contribution in [0.15, 0.2) is 29.3 Å². The van der Waals surface area contributed by atoms with Gasteiger partial charge in [-0.3, -0.25) is 9.89 Å². The van der Waals surface area contributed by atoms with Crippen LogP contribution in [0.3, 0.4) is 0 Å². The van der Waals surface area contributed by atoms with Crippen LogP contribution in [-0.4, -0.2) is 75.2 Å². The van der Waals surface area contributed by atoms with Crippen molar-refractivity contribution in [1.82, 2.24) is 15.1 Å². The number of likely N-dealkylation sites (N-methyl/N-ethyl adjacent to an activating group) is 1. The molecule has 0 atom stereocenters. The highest BCUT2D eigenvalue weighted by Gasteiger charge is 2.17. The molecule has 23 heavy (non-hydrogen) atoms. The second-order valence-electron chi connectivity index (χ2n) is 5.86. The summed E-state index contributed by atoms with van der Waals surface area (Å²) in [6.07, 6.45) is 0. The van der Waals surface area contributed by atoms with Crippen molar-refractivity contribution in [1.29, 1.82) is 0 Å². The van der Waals surface area contributed by atoms with Crippen molar-refractivity contribution in [2.75, 3.05) is 64.3 Å². The third kappa shape index (κ3) is 4.94. The number of benzene rings is 1. The first-order valence-corrected chi connectivity index (χ1v) is 7.95. The average molecular weight is 433 g/mol. The first kappa shape index (κ1) is 18.3. The lowest BCUT2D eigenvalue weighted by atomic mass is 10.2. The minimum absolute atomic E-state index is 0. The summed E-state index contributed by atoms with van der Waals surface area (Å²) in [4.78, 5) is 11.4. The normalized spacial score (nSPS) is 18.6. The number of nitrogens with one attached hydrogen (secondary N) is 1. The molecule has 1 N–H and O–H groups in total. The van der Waals surface area contributed by atoms with E-state index in [0.29, 0.717) is 0 Å². The Bertz CT molecular complexity index is 514. The molecule has 1 saturated heterocycles. The number of piperazine rings is 1. The number of aliphatic imine (C=N–C) groups is 1. The fraction of sp³-hybridized carbons (Fsp3) is 0.562. The van der Waals surface area contributed by atoms with Crippen molar-refractivity contribution < 1.29 is 4.39 Å². The predicted octanol–water partition coefficient (Wildman–Crippen LogP) is 1.46. The van der Waals surface area contributed by atoms with E-state index in [9.17, 15) is 4.39 Å². The molecule has 0 bridgehead atoms. The Balaban J connectivity index is 0.00000192. The van der Waals surface area contributed by atoms with Crippen molar-refractivity contribution in [3.63, 3.8) is 0 Å². The Hall–Kier alpha value is -1.09. The number of nitrogens with zero attached hydrogens (tertiary/aromatic N) is 4. The summed E-state index contributed by atoms with van der Waals surface area (Å²) >= 11 is 0. The standard InChI is InChI=1S/C16H24FN5.HI/c1-20-8-6-18-16(20)19-7-9-21-10-12-22(13-11-21)15-4-2-14(17)3-5-15;/h2-5H,6-13H2,1H3,(H,18,19);1H. The monoisotopic (exact) mass is 433 g/mol. The molecule has 1 fully saturated rings. The van der Waals surface area contributed by atoms with Crippen molar-refractivity contribution in [3.8, 4) is 0 Å². The molecule has 0 aromatic heterocycles. The summed E-state index contributed by atoms with van der Waals surface area (Å²) in [7, 11) is 2.07. The first-order valence-electron chi connectivity index (χ1n) is 7.95. The highest BCUT2D eigenvalue weighted by molar-refractivity contribution is 14.0. The van der Waals surface area contributed by atoms with Gasteiger partial charge in [0.25, 0.3) is 0 Å². The zero-order valence-corrected chi connectivity index (χ0v) is 15.9. The number of hydrogen-bond acceptors (Lipinski definition) is 5. The molecule has 1 aromatic carbocycles. The smallest absolute Gasteiger partial charge is 0.193 e. The summed E-state index contributed by atoms with van der Waals surface area (Å²) in [5.41, 5.74) is 1.11. The number of guanidine groups is 1. The molecule has 0 amide bonds. The number of anilines is 1. The van der Waals surface area contributed by atoms with E-state index in [2.05, 4.69) is 32.1 Å². The lowest BCUT2D eigenvalue weighted by molar-refractivity contribution is 0.261. The second kappa shape index (κ2) is 8.68. The van der Waals surface area contributed by atoms with E-state index in [1.807, 2.05) is 12.1 Å². The van der Waals surface area contributed by atoms with Crippen LogP contribution in [-0.2, 0) is 0 Å². The topological polar surface area (TPSA) is 34.1 Å². The molecular weight excluding hydrogens is 408 g/mol. The van der Waals surface area contributed by atoms with Crippen LogP contribution in [0.1, 0.15) is 0 Å². The minimum Gasteiger partial charge on any atom is -0.369 e. The molecule has 2 aliphatic heterocycles. The zero-order valence-electron chi connectivity index (χ0n) is 13.5.